The number of guanidine groups is 1. The van der Waals surface area contributed by atoms with Gasteiger partial charge in [-0.3, -0.25) is 0 Å². The lowest BCUT2D eigenvalue weighted by atomic mass is 10.2. The lowest BCUT2D eigenvalue weighted by Crippen LogP contribution is -2.37. The number of nitrogens with one attached hydrogen (secondary N) is 2. The lowest BCUT2D eigenvalue weighted by molar-refractivity contribution is 0.692. The predicted molar refractivity (Wildman–Crippen MR) is 124 cm³/mol. The van der Waals surface area contributed by atoms with Gasteiger partial charge in [0.25, 0.3) is 0 Å². The van der Waals surface area contributed by atoms with Crippen molar-refractivity contribution in [3.05, 3.63) is 32.2 Å². The highest BCUT2D eigenvalue weighted by molar-refractivity contribution is 14.0. The van der Waals surface area contributed by atoms with Crippen molar-refractivity contribution in [1.82, 2.24) is 20.6 Å². The number of aryl methyl sites for hydroxylation is 2. The molecule has 0 bridgehead atoms. The number of halogens is 1. The number of rotatable bonds is 9. The van der Waals surface area contributed by atoms with Crippen molar-refractivity contribution in [2.24, 2.45) is 4.99 Å². The molecule has 2 N–H and O–H groups in total. The lowest BCUT2D eigenvalue weighted by Gasteiger charge is -2.10. The Hall–Kier alpha value is -0.740. The third-order valence-corrected chi connectivity index (χ3v) is 5.53. The molecule has 2 rings (SSSR count). The first-order valence-electron chi connectivity index (χ1n) is 8.96. The van der Waals surface area contributed by atoms with Gasteiger partial charge in [0, 0.05) is 29.5 Å². The first-order valence-corrected chi connectivity index (χ1v) is 10.7. The van der Waals surface area contributed by atoms with Gasteiger partial charge in [0.1, 0.15) is 5.01 Å². The number of aromatic nitrogens is 2. The molecule has 0 fully saturated rings. The molecule has 0 saturated carbocycles. The van der Waals surface area contributed by atoms with E-state index in [2.05, 4.69) is 57.1 Å². The van der Waals surface area contributed by atoms with Gasteiger partial charge in [-0.05, 0) is 39.0 Å². The van der Waals surface area contributed by atoms with E-state index in [4.69, 9.17) is 0 Å². The number of aliphatic imine (C=N–C) groups is 1. The maximum absolute atomic E-state index is 4.65. The summed E-state index contributed by atoms with van der Waals surface area (Å²) in [5, 5.41) is 13.3. The molecule has 0 aliphatic rings. The van der Waals surface area contributed by atoms with Crippen LogP contribution in [0.3, 0.4) is 0 Å². The van der Waals surface area contributed by atoms with Crippen LogP contribution in [0.1, 0.15) is 60.9 Å². The summed E-state index contributed by atoms with van der Waals surface area (Å²) in [5.74, 6) is 1.34. The second-order valence-corrected chi connectivity index (χ2v) is 8.17. The van der Waals surface area contributed by atoms with Crippen LogP contribution in [0.15, 0.2) is 15.8 Å². The van der Waals surface area contributed by atoms with E-state index in [1.165, 1.54) is 5.01 Å². The maximum atomic E-state index is 4.65. The number of hydrogen-bond donors (Lipinski definition) is 2. The zero-order valence-corrected chi connectivity index (χ0v) is 20.0. The highest BCUT2D eigenvalue weighted by Gasteiger charge is 2.05. The first-order chi connectivity index (χ1) is 12.1. The number of unbranched alkanes of at least 4 members (excludes halogenated alkanes) is 1. The van der Waals surface area contributed by atoms with Crippen molar-refractivity contribution in [2.75, 3.05) is 13.1 Å². The first kappa shape index (κ1) is 23.3. The molecule has 0 radical (unpaired) electrons. The Morgan fingerprint density at radius 3 is 2.50 bits per heavy atom. The van der Waals surface area contributed by atoms with Crippen molar-refractivity contribution in [2.45, 2.75) is 59.4 Å². The Morgan fingerprint density at radius 1 is 1.12 bits per heavy atom. The summed E-state index contributed by atoms with van der Waals surface area (Å²) >= 11 is 3.45. The minimum absolute atomic E-state index is 0. The third kappa shape index (κ3) is 8.30. The van der Waals surface area contributed by atoms with Gasteiger partial charge in [-0.25, -0.2) is 15.0 Å². The standard InChI is InChI=1S/C18H29N5S2.HI/c1-5-19-18(21-10-17-23-15(12-25-17)13(2)3)20-9-7-6-8-16-22-14(4)11-24-16;/h11-13H,5-10H2,1-4H3,(H2,19,20,21);1H. The molecule has 0 unspecified atom stereocenters. The Morgan fingerprint density at radius 2 is 1.88 bits per heavy atom. The SMILES string of the molecule is CCNC(=NCc1nc(C(C)C)cs1)NCCCCc1nc(C)cs1.I. The molecule has 2 aromatic rings. The van der Waals surface area contributed by atoms with Crippen LogP contribution in [0.25, 0.3) is 0 Å². The van der Waals surface area contributed by atoms with E-state index in [0.717, 1.165) is 54.7 Å². The van der Waals surface area contributed by atoms with E-state index in [0.29, 0.717) is 12.5 Å². The van der Waals surface area contributed by atoms with Gasteiger partial charge < -0.3 is 10.6 Å². The second-order valence-electron chi connectivity index (χ2n) is 6.28. The molecule has 0 aromatic carbocycles. The minimum atomic E-state index is 0. The van der Waals surface area contributed by atoms with Crippen molar-refractivity contribution in [3.63, 3.8) is 0 Å². The summed E-state index contributed by atoms with van der Waals surface area (Å²) < 4.78 is 0. The van der Waals surface area contributed by atoms with Crippen LogP contribution in [0.5, 0.6) is 0 Å². The molecular weight excluding hydrogens is 477 g/mol. The Labute approximate surface area is 182 Å². The molecule has 26 heavy (non-hydrogen) atoms. The minimum Gasteiger partial charge on any atom is -0.357 e. The monoisotopic (exact) mass is 507 g/mol. The van der Waals surface area contributed by atoms with Crippen molar-refractivity contribution >= 4 is 52.6 Å². The van der Waals surface area contributed by atoms with E-state index in [1.807, 2.05) is 6.92 Å². The molecule has 0 atom stereocenters. The van der Waals surface area contributed by atoms with Crippen LogP contribution in [0, 0.1) is 6.92 Å². The second kappa shape index (κ2) is 12.6. The van der Waals surface area contributed by atoms with Crippen molar-refractivity contribution in [3.8, 4) is 0 Å². The summed E-state index contributed by atoms with van der Waals surface area (Å²) in [7, 11) is 0. The van der Waals surface area contributed by atoms with Gasteiger partial charge in [0.05, 0.1) is 17.2 Å². The van der Waals surface area contributed by atoms with Crippen LogP contribution in [0.4, 0.5) is 0 Å². The largest absolute Gasteiger partial charge is 0.357 e. The fourth-order valence-corrected chi connectivity index (χ4v) is 3.97. The van der Waals surface area contributed by atoms with E-state index in [1.54, 1.807) is 22.7 Å². The highest BCUT2D eigenvalue weighted by atomic mass is 127. The van der Waals surface area contributed by atoms with Gasteiger partial charge in [-0.15, -0.1) is 46.7 Å². The van der Waals surface area contributed by atoms with Crippen molar-refractivity contribution in [1.29, 1.82) is 0 Å². The smallest absolute Gasteiger partial charge is 0.191 e. The van der Waals surface area contributed by atoms with Crippen LogP contribution >= 0.6 is 46.7 Å². The fourth-order valence-electron chi connectivity index (χ4n) is 2.28. The normalized spacial score (nSPS) is 11.5. The molecule has 2 heterocycles. The van der Waals surface area contributed by atoms with Gasteiger partial charge >= 0.3 is 0 Å². The molecule has 0 saturated heterocycles. The summed E-state index contributed by atoms with van der Waals surface area (Å²) in [6.45, 7) is 10.9. The molecule has 2 aromatic heterocycles. The van der Waals surface area contributed by atoms with E-state index < -0.39 is 0 Å². The average Bonchev–Trinajstić information content (AvgIpc) is 3.21. The molecule has 0 aliphatic heterocycles. The molecule has 0 amide bonds. The Bertz CT molecular complexity index is 666. The van der Waals surface area contributed by atoms with E-state index >= 15 is 0 Å². The maximum Gasteiger partial charge on any atom is 0.191 e. The van der Waals surface area contributed by atoms with Crippen molar-refractivity contribution < 1.29 is 0 Å². The number of thiazole rings is 2. The molecule has 8 heteroatoms. The quantitative estimate of drug-likeness (QED) is 0.223. The van der Waals surface area contributed by atoms with Crippen LogP contribution < -0.4 is 10.6 Å². The molecule has 0 aliphatic carbocycles. The van der Waals surface area contributed by atoms with Crippen LogP contribution in [-0.4, -0.2) is 29.0 Å². The van der Waals surface area contributed by atoms with Gasteiger partial charge in [-0.2, -0.15) is 0 Å². The fraction of sp³-hybridized carbons (Fsp3) is 0.611. The van der Waals surface area contributed by atoms with Crippen LogP contribution in [0.2, 0.25) is 0 Å². The highest BCUT2D eigenvalue weighted by Crippen LogP contribution is 2.18. The predicted octanol–water partition coefficient (Wildman–Crippen LogP) is 4.73. The zero-order chi connectivity index (χ0) is 18.1. The van der Waals surface area contributed by atoms with Gasteiger partial charge in [0.2, 0.25) is 0 Å². The van der Waals surface area contributed by atoms with E-state index in [9.17, 15) is 0 Å². The Balaban J connectivity index is 0.00000338. The molecule has 146 valence electrons. The number of nitrogens with zero attached hydrogens (tertiary/aromatic N) is 3. The topological polar surface area (TPSA) is 62.2 Å². The molecular formula is C18H30IN5S2. The van der Waals surface area contributed by atoms with Gasteiger partial charge in [0.15, 0.2) is 5.96 Å². The van der Waals surface area contributed by atoms with Gasteiger partial charge in [-0.1, -0.05) is 13.8 Å². The number of hydrogen-bond acceptors (Lipinski definition) is 5. The molecule has 5 nitrogen and oxygen atoms in total. The van der Waals surface area contributed by atoms with E-state index in [-0.39, 0.29) is 24.0 Å². The summed E-state index contributed by atoms with van der Waals surface area (Å²) in [4.78, 5) is 13.8. The summed E-state index contributed by atoms with van der Waals surface area (Å²) in [5.41, 5.74) is 2.29. The molecule has 0 spiro atoms. The summed E-state index contributed by atoms with van der Waals surface area (Å²) in [6, 6.07) is 0. The third-order valence-electron chi connectivity index (χ3n) is 3.65. The average molecular weight is 508 g/mol. The Kier molecular flexibility index (Phi) is 11.3. The zero-order valence-electron chi connectivity index (χ0n) is 16.0. The van der Waals surface area contributed by atoms with Crippen LogP contribution in [-0.2, 0) is 13.0 Å². The summed E-state index contributed by atoms with van der Waals surface area (Å²) in [6.07, 6.45) is 3.31.